The molecule has 0 aliphatic rings. The molecule has 3 heteroatoms. The fourth-order valence-corrected chi connectivity index (χ4v) is 1.41. The maximum atomic E-state index is 11.4. The Hall–Kier alpha value is -0.570. The number of carbonyl (C=O) groups is 1. The molecule has 0 rings (SSSR count). The molecule has 78 valence electrons. The number of nitrogens with zero attached hydrogens (tertiary/aromatic N) is 2. The molecule has 0 aliphatic heterocycles. The van der Waals surface area contributed by atoms with Crippen molar-refractivity contribution in [3.05, 3.63) is 0 Å². The van der Waals surface area contributed by atoms with E-state index in [4.69, 9.17) is 0 Å². The maximum absolute atomic E-state index is 11.4. The zero-order chi connectivity index (χ0) is 10.4. The lowest BCUT2D eigenvalue weighted by Gasteiger charge is -2.26. The first-order valence-corrected chi connectivity index (χ1v) is 4.97. The fourth-order valence-electron chi connectivity index (χ4n) is 1.41. The van der Waals surface area contributed by atoms with Crippen LogP contribution >= 0.6 is 0 Å². The summed E-state index contributed by atoms with van der Waals surface area (Å²) < 4.78 is 0. The van der Waals surface area contributed by atoms with Crippen LogP contribution in [0.1, 0.15) is 27.2 Å². The van der Waals surface area contributed by atoms with Gasteiger partial charge in [-0.25, -0.2) is 0 Å². The SMILES string of the molecule is CCN(CC)C(C)CC(=O)N(C)C. The quantitative estimate of drug-likeness (QED) is 0.644. The molecule has 0 aromatic rings. The molecule has 13 heavy (non-hydrogen) atoms. The minimum Gasteiger partial charge on any atom is -0.349 e. The number of hydrogen-bond donors (Lipinski definition) is 0. The third-order valence-corrected chi connectivity index (χ3v) is 2.40. The van der Waals surface area contributed by atoms with Gasteiger partial charge in [0.2, 0.25) is 5.91 Å². The molecule has 1 atom stereocenters. The Bertz CT molecular complexity index is 153. The second kappa shape index (κ2) is 5.97. The van der Waals surface area contributed by atoms with Crippen molar-refractivity contribution in [1.82, 2.24) is 9.80 Å². The normalized spacial score (nSPS) is 13.1. The molecule has 0 bridgehead atoms. The van der Waals surface area contributed by atoms with Crippen LogP contribution in [0.5, 0.6) is 0 Å². The highest BCUT2D eigenvalue weighted by atomic mass is 16.2. The van der Waals surface area contributed by atoms with Gasteiger partial charge in [0.15, 0.2) is 0 Å². The summed E-state index contributed by atoms with van der Waals surface area (Å²) in [5, 5.41) is 0. The van der Waals surface area contributed by atoms with E-state index >= 15 is 0 Å². The fraction of sp³-hybridized carbons (Fsp3) is 0.900. The van der Waals surface area contributed by atoms with E-state index in [0.29, 0.717) is 12.5 Å². The van der Waals surface area contributed by atoms with E-state index < -0.39 is 0 Å². The summed E-state index contributed by atoms with van der Waals surface area (Å²) in [6.07, 6.45) is 0.620. The van der Waals surface area contributed by atoms with Crippen LogP contribution in [0.4, 0.5) is 0 Å². The lowest BCUT2D eigenvalue weighted by molar-refractivity contribution is -0.129. The molecule has 0 N–H and O–H groups in total. The summed E-state index contributed by atoms with van der Waals surface area (Å²) in [6, 6.07) is 0.352. The summed E-state index contributed by atoms with van der Waals surface area (Å²) in [5.41, 5.74) is 0. The molecular formula is C10H22N2O. The Morgan fingerprint density at radius 2 is 1.69 bits per heavy atom. The van der Waals surface area contributed by atoms with Gasteiger partial charge in [-0.15, -0.1) is 0 Å². The molecule has 0 heterocycles. The Morgan fingerprint density at radius 1 is 1.23 bits per heavy atom. The average Bonchev–Trinajstić information content (AvgIpc) is 2.06. The Labute approximate surface area is 81.7 Å². The smallest absolute Gasteiger partial charge is 0.223 e. The van der Waals surface area contributed by atoms with Gasteiger partial charge in [-0.1, -0.05) is 13.8 Å². The summed E-state index contributed by atoms with van der Waals surface area (Å²) >= 11 is 0. The number of rotatable bonds is 5. The molecule has 1 unspecified atom stereocenters. The minimum atomic E-state index is 0.208. The molecule has 0 aliphatic carbocycles. The Balaban J connectivity index is 3.97. The van der Waals surface area contributed by atoms with Crippen LogP contribution in [0.3, 0.4) is 0 Å². The van der Waals surface area contributed by atoms with Gasteiger partial charge in [0.25, 0.3) is 0 Å². The van der Waals surface area contributed by atoms with Gasteiger partial charge < -0.3 is 9.80 Å². The highest BCUT2D eigenvalue weighted by Crippen LogP contribution is 2.04. The van der Waals surface area contributed by atoms with E-state index in [0.717, 1.165) is 13.1 Å². The van der Waals surface area contributed by atoms with Crippen molar-refractivity contribution < 1.29 is 4.79 Å². The summed E-state index contributed by atoms with van der Waals surface area (Å²) in [5.74, 6) is 0.208. The van der Waals surface area contributed by atoms with Crippen LogP contribution in [0.15, 0.2) is 0 Å². The Morgan fingerprint density at radius 3 is 2.00 bits per heavy atom. The number of amides is 1. The average molecular weight is 186 g/mol. The maximum Gasteiger partial charge on any atom is 0.223 e. The molecule has 0 aromatic carbocycles. The molecule has 1 amide bonds. The van der Waals surface area contributed by atoms with Crippen LogP contribution in [-0.4, -0.2) is 48.9 Å². The first kappa shape index (κ1) is 12.4. The topological polar surface area (TPSA) is 23.6 Å². The lowest BCUT2D eigenvalue weighted by Crippen LogP contribution is -2.37. The summed E-state index contributed by atoms with van der Waals surface area (Å²) in [6.45, 7) is 8.38. The number of carbonyl (C=O) groups excluding carboxylic acids is 1. The van der Waals surface area contributed by atoms with Gasteiger partial charge in [-0.3, -0.25) is 4.79 Å². The van der Waals surface area contributed by atoms with Crippen molar-refractivity contribution >= 4 is 5.91 Å². The van der Waals surface area contributed by atoms with Crippen molar-refractivity contribution in [2.24, 2.45) is 0 Å². The molecule has 0 fully saturated rings. The predicted octanol–water partition coefficient (Wildman–Crippen LogP) is 1.19. The van der Waals surface area contributed by atoms with E-state index in [1.165, 1.54) is 0 Å². The molecule has 0 aromatic heterocycles. The molecule has 0 radical (unpaired) electrons. The van der Waals surface area contributed by atoms with Gasteiger partial charge >= 0.3 is 0 Å². The second-order valence-corrected chi connectivity index (χ2v) is 3.56. The van der Waals surface area contributed by atoms with Crippen molar-refractivity contribution in [1.29, 1.82) is 0 Å². The van der Waals surface area contributed by atoms with Gasteiger partial charge in [-0.2, -0.15) is 0 Å². The standard InChI is InChI=1S/C10H22N2O/c1-6-12(7-2)9(3)8-10(13)11(4)5/h9H,6-8H2,1-5H3. The highest BCUT2D eigenvalue weighted by molar-refractivity contribution is 5.76. The molecule has 0 spiro atoms. The largest absolute Gasteiger partial charge is 0.349 e. The van der Waals surface area contributed by atoms with Crippen LogP contribution in [0, 0.1) is 0 Å². The van der Waals surface area contributed by atoms with E-state index in [2.05, 4.69) is 25.7 Å². The highest BCUT2D eigenvalue weighted by Gasteiger charge is 2.14. The Kier molecular flexibility index (Phi) is 5.71. The second-order valence-electron chi connectivity index (χ2n) is 3.56. The zero-order valence-corrected chi connectivity index (χ0v) is 9.50. The van der Waals surface area contributed by atoms with Crippen molar-refractivity contribution in [3.8, 4) is 0 Å². The van der Waals surface area contributed by atoms with Crippen LogP contribution in [-0.2, 0) is 4.79 Å². The van der Waals surface area contributed by atoms with E-state index in [-0.39, 0.29) is 5.91 Å². The third kappa shape index (κ3) is 4.27. The van der Waals surface area contributed by atoms with Crippen molar-refractivity contribution in [2.45, 2.75) is 33.2 Å². The van der Waals surface area contributed by atoms with E-state index in [1.54, 1.807) is 19.0 Å². The van der Waals surface area contributed by atoms with E-state index in [1.807, 2.05) is 0 Å². The third-order valence-electron chi connectivity index (χ3n) is 2.40. The van der Waals surface area contributed by atoms with Crippen molar-refractivity contribution in [2.75, 3.05) is 27.2 Å². The van der Waals surface area contributed by atoms with Gasteiger partial charge in [0.1, 0.15) is 0 Å². The first-order chi connectivity index (χ1) is 6.02. The summed E-state index contributed by atoms with van der Waals surface area (Å²) in [4.78, 5) is 15.3. The van der Waals surface area contributed by atoms with Gasteiger partial charge in [0, 0.05) is 26.6 Å². The van der Waals surface area contributed by atoms with Gasteiger partial charge in [0.05, 0.1) is 0 Å². The summed E-state index contributed by atoms with van der Waals surface area (Å²) in [7, 11) is 3.61. The molecule has 0 saturated heterocycles. The monoisotopic (exact) mass is 186 g/mol. The minimum absolute atomic E-state index is 0.208. The van der Waals surface area contributed by atoms with Crippen LogP contribution < -0.4 is 0 Å². The predicted molar refractivity (Wildman–Crippen MR) is 55.7 cm³/mol. The number of hydrogen-bond acceptors (Lipinski definition) is 2. The van der Waals surface area contributed by atoms with Crippen LogP contribution in [0.25, 0.3) is 0 Å². The zero-order valence-electron chi connectivity index (χ0n) is 9.50. The van der Waals surface area contributed by atoms with Gasteiger partial charge in [-0.05, 0) is 20.0 Å². The first-order valence-electron chi connectivity index (χ1n) is 4.97. The van der Waals surface area contributed by atoms with Crippen molar-refractivity contribution in [3.63, 3.8) is 0 Å². The van der Waals surface area contributed by atoms with Crippen LogP contribution in [0.2, 0.25) is 0 Å². The molecular weight excluding hydrogens is 164 g/mol. The van der Waals surface area contributed by atoms with E-state index in [9.17, 15) is 4.79 Å². The molecule has 3 nitrogen and oxygen atoms in total. The lowest BCUT2D eigenvalue weighted by atomic mass is 10.2. The molecule has 0 saturated carbocycles.